The second-order valence-electron chi connectivity index (χ2n) is 6.66. The number of carbonyl (C=O) groups is 1. The maximum Gasteiger partial charge on any atom is 0.287 e. The second kappa shape index (κ2) is 8.91. The zero-order chi connectivity index (χ0) is 18.4. The lowest BCUT2D eigenvalue weighted by atomic mass is 9.97. The molecule has 1 aromatic rings. The standard InChI is InChI=1S/C17H25N5O4/c23-17(18-5-7-20-8-10-26-11-9-20)14-2-1-6-21(13-14)16-4-3-15(12-19-16)22(24)25/h3-4,12,14H,1-2,5-11,13H2,(H,18,23)/t14-/m0/s1. The Hall–Kier alpha value is -2.26. The van der Waals surface area contributed by atoms with E-state index >= 15 is 0 Å². The number of morpholine rings is 1. The van der Waals surface area contributed by atoms with Gasteiger partial charge in [-0.3, -0.25) is 19.8 Å². The van der Waals surface area contributed by atoms with Gasteiger partial charge in [0.05, 0.1) is 24.1 Å². The topological polar surface area (TPSA) is 101 Å². The van der Waals surface area contributed by atoms with Gasteiger partial charge in [-0.15, -0.1) is 0 Å². The number of rotatable bonds is 6. The molecular weight excluding hydrogens is 338 g/mol. The van der Waals surface area contributed by atoms with Crippen molar-refractivity contribution in [1.82, 2.24) is 15.2 Å². The molecule has 2 fully saturated rings. The average molecular weight is 363 g/mol. The molecule has 0 aliphatic carbocycles. The molecule has 2 saturated heterocycles. The van der Waals surface area contributed by atoms with Gasteiger partial charge < -0.3 is 15.0 Å². The SMILES string of the molecule is O=C(NCCN1CCOCC1)[C@H]1CCCN(c2ccc([N+](=O)[O-])cn2)C1. The van der Waals surface area contributed by atoms with E-state index in [1.165, 1.54) is 12.3 Å². The number of carbonyl (C=O) groups excluding carboxylic acids is 1. The van der Waals surface area contributed by atoms with Gasteiger partial charge >= 0.3 is 0 Å². The monoisotopic (exact) mass is 363 g/mol. The molecule has 1 amide bonds. The van der Waals surface area contributed by atoms with E-state index in [2.05, 4.69) is 15.2 Å². The number of nitrogens with one attached hydrogen (secondary N) is 1. The highest BCUT2D eigenvalue weighted by atomic mass is 16.6. The second-order valence-corrected chi connectivity index (χ2v) is 6.66. The van der Waals surface area contributed by atoms with Crippen molar-refractivity contribution < 1.29 is 14.5 Å². The lowest BCUT2D eigenvalue weighted by Crippen LogP contribution is -2.46. The first-order valence-corrected chi connectivity index (χ1v) is 9.06. The third-order valence-corrected chi connectivity index (χ3v) is 4.89. The minimum atomic E-state index is -0.461. The Bertz CT molecular complexity index is 618. The summed E-state index contributed by atoms with van der Waals surface area (Å²) in [6.07, 6.45) is 3.02. The summed E-state index contributed by atoms with van der Waals surface area (Å²) in [4.78, 5) is 31.2. The average Bonchev–Trinajstić information content (AvgIpc) is 2.69. The van der Waals surface area contributed by atoms with Crippen LogP contribution in [-0.2, 0) is 9.53 Å². The number of nitrogens with zero attached hydrogens (tertiary/aromatic N) is 4. The van der Waals surface area contributed by atoms with Crippen molar-refractivity contribution in [2.45, 2.75) is 12.8 Å². The number of piperidine rings is 1. The number of hydrogen-bond donors (Lipinski definition) is 1. The zero-order valence-electron chi connectivity index (χ0n) is 14.8. The quantitative estimate of drug-likeness (QED) is 0.585. The van der Waals surface area contributed by atoms with E-state index in [9.17, 15) is 14.9 Å². The molecule has 3 heterocycles. The Balaban J connectivity index is 1.47. The van der Waals surface area contributed by atoms with Gasteiger partial charge in [-0.05, 0) is 18.9 Å². The van der Waals surface area contributed by atoms with Gasteiger partial charge in [0.1, 0.15) is 12.0 Å². The summed E-state index contributed by atoms with van der Waals surface area (Å²) in [5.74, 6) is 0.678. The van der Waals surface area contributed by atoms with Crippen LogP contribution in [0.1, 0.15) is 12.8 Å². The lowest BCUT2D eigenvalue weighted by molar-refractivity contribution is -0.385. The molecule has 2 aliphatic heterocycles. The van der Waals surface area contributed by atoms with E-state index in [4.69, 9.17) is 4.74 Å². The number of hydrogen-bond acceptors (Lipinski definition) is 7. The molecule has 0 unspecified atom stereocenters. The first-order chi connectivity index (χ1) is 12.6. The Morgan fingerprint density at radius 2 is 2.15 bits per heavy atom. The minimum Gasteiger partial charge on any atom is -0.379 e. The van der Waals surface area contributed by atoms with Crippen molar-refractivity contribution >= 4 is 17.4 Å². The fourth-order valence-corrected chi connectivity index (χ4v) is 3.38. The fourth-order valence-electron chi connectivity index (χ4n) is 3.38. The van der Waals surface area contributed by atoms with Gasteiger partial charge in [-0.1, -0.05) is 0 Å². The normalized spacial score (nSPS) is 21.4. The fraction of sp³-hybridized carbons (Fsp3) is 0.647. The predicted octanol–water partition coefficient (Wildman–Crippen LogP) is 0.655. The first-order valence-electron chi connectivity index (χ1n) is 9.06. The molecule has 0 radical (unpaired) electrons. The van der Waals surface area contributed by atoms with Crippen LogP contribution < -0.4 is 10.2 Å². The molecule has 1 N–H and O–H groups in total. The van der Waals surface area contributed by atoms with E-state index in [-0.39, 0.29) is 17.5 Å². The van der Waals surface area contributed by atoms with Crippen molar-refractivity contribution in [1.29, 1.82) is 0 Å². The molecule has 1 atom stereocenters. The van der Waals surface area contributed by atoms with Crippen LogP contribution in [0, 0.1) is 16.0 Å². The molecule has 3 rings (SSSR count). The van der Waals surface area contributed by atoms with Crippen LogP contribution in [0.2, 0.25) is 0 Å². The van der Waals surface area contributed by atoms with Crippen molar-refractivity contribution in [2.75, 3.05) is 57.4 Å². The molecule has 2 aliphatic rings. The molecule has 9 heteroatoms. The molecule has 26 heavy (non-hydrogen) atoms. The number of amides is 1. The number of anilines is 1. The largest absolute Gasteiger partial charge is 0.379 e. The molecule has 9 nitrogen and oxygen atoms in total. The van der Waals surface area contributed by atoms with Gasteiger partial charge in [0.2, 0.25) is 5.91 Å². The lowest BCUT2D eigenvalue weighted by Gasteiger charge is -2.33. The van der Waals surface area contributed by atoms with Crippen LogP contribution in [0.3, 0.4) is 0 Å². The minimum absolute atomic E-state index is 0.0248. The molecule has 0 aromatic carbocycles. The smallest absolute Gasteiger partial charge is 0.287 e. The van der Waals surface area contributed by atoms with Crippen LogP contribution in [0.15, 0.2) is 18.3 Å². The molecule has 142 valence electrons. The molecule has 0 saturated carbocycles. The Labute approximate surface area is 152 Å². The maximum absolute atomic E-state index is 12.5. The van der Waals surface area contributed by atoms with E-state index in [0.29, 0.717) is 18.9 Å². The Morgan fingerprint density at radius 1 is 1.35 bits per heavy atom. The van der Waals surface area contributed by atoms with E-state index < -0.39 is 4.92 Å². The third-order valence-electron chi connectivity index (χ3n) is 4.89. The summed E-state index contributed by atoms with van der Waals surface area (Å²) >= 11 is 0. The highest BCUT2D eigenvalue weighted by molar-refractivity contribution is 5.79. The predicted molar refractivity (Wildman–Crippen MR) is 96.1 cm³/mol. The van der Waals surface area contributed by atoms with E-state index in [1.807, 2.05) is 4.90 Å². The molecule has 1 aromatic heterocycles. The van der Waals surface area contributed by atoms with Gasteiger partial charge in [0, 0.05) is 45.3 Å². The number of pyridine rings is 1. The third kappa shape index (κ3) is 4.89. The Kier molecular flexibility index (Phi) is 6.35. The van der Waals surface area contributed by atoms with Gasteiger partial charge in [-0.25, -0.2) is 4.98 Å². The summed E-state index contributed by atoms with van der Waals surface area (Å²) in [5.41, 5.74) is -0.0248. The summed E-state index contributed by atoms with van der Waals surface area (Å²) in [5, 5.41) is 13.8. The number of aromatic nitrogens is 1. The van der Waals surface area contributed by atoms with Crippen LogP contribution >= 0.6 is 0 Å². The van der Waals surface area contributed by atoms with Crippen LogP contribution in [0.25, 0.3) is 0 Å². The molecule has 0 spiro atoms. The number of nitro groups is 1. The highest BCUT2D eigenvalue weighted by Gasteiger charge is 2.26. The van der Waals surface area contributed by atoms with Crippen LogP contribution in [0.4, 0.5) is 11.5 Å². The molecule has 0 bridgehead atoms. The van der Waals surface area contributed by atoms with E-state index in [0.717, 1.165) is 52.2 Å². The summed E-state index contributed by atoms with van der Waals surface area (Å²) in [7, 11) is 0. The van der Waals surface area contributed by atoms with Crippen molar-refractivity contribution in [2.24, 2.45) is 5.92 Å². The van der Waals surface area contributed by atoms with Crippen LogP contribution in [-0.4, -0.2) is 73.2 Å². The van der Waals surface area contributed by atoms with E-state index in [1.54, 1.807) is 6.07 Å². The summed E-state index contributed by atoms with van der Waals surface area (Å²) < 4.78 is 5.32. The zero-order valence-corrected chi connectivity index (χ0v) is 14.8. The summed E-state index contributed by atoms with van der Waals surface area (Å²) in [6.45, 7) is 6.23. The maximum atomic E-state index is 12.5. The Morgan fingerprint density at radius 3 is 2.85 bits per heavy atom. The van der Waals surface area contributed by atoms with Crippen molar-refractivity contribution in [3.05, 3.63) is 28.4 Å². The molecular formula is C17H25N5O4. The first kappa shape index (κ1) is 18.5. The highest BCUT2D eigenvalue weighted by Crippen LogP contribution is 2.23. The van der Waals surface area contributed by atoms with Crippen LogP contribution in [0.5, 0.6) is 0 Å². The van der Waals surface area contributed by atoms with Gasteiger partial charge in [0.15, 0.2) is 0 Å². The number of ether oxygens (including phenoxy) is 1. The summed E-state index contributed by atoms with van der Waals surface area (Å²) in [6, 6.07) is 3.10. The van der Waals surface area contributed by atoms with Gasteiger partial charge in [0.25, 0.3) is 5.69 Å². The van der Waals surface area contributed by atoms with Gasteiger partial charge in [-0.2, -0.15) is 0 Å². The van der Waals surface area contributed by atoms with Crippen molar-refractivity contribution in [3.63, 3.8) is 0 Å². The van der Waals surface area contributed by atoms with Crippen molar-refractivity contribution in [3.8, 4) is 0 Å².